The Kier molecular flexibility index (Phi) is 8.53. The summed E-state index contributed by atoms with van der Waals surface area (Å²) in [5, 5.41) is 0.326. The van der Waals surface area contributed by atoms with Crippen LogP contribution in [0.3, 0.4) is 0 Å². The van der Waals surface area contributed by atoms with E-state index < -0.39 is 17.3 Å². The Morgan fingerprint density at radius 3 is 2.37 bits per heavy atom. The van der Waals surface area contributed by atoms with Crippen molar-refractivity contribution in [3.63, 3.8) is 0 Å². The third-order valence-electron chi connectivity index (χ3n) is 5.11. The number of aryl methyl sites for hydroxylation is 1. The molecule has 2 N–H and O–H groups in total. The van der Waals surface area contributed by atoms with E-state index in [2.05, 4.69) is 4.99 Å². The Balaban J connectivity index is 2.17. The van der Waals surface area contributed by atoms with Crippen molar-refractivity contribution in [1.82, 2.24) is 13.8 Å². The van der Waals surface area contributed by atoms with Gasteiger partial charge in [0.15, 0.2) is 0 Å². The van der Waals surface area contributed by atoms with Gasteiger partial charge in [0.1, 0.15) is 5.75 Å². The highest BCUT2D eigenvalue weighted by Gasteiger charge is 2.15. The standard InChI is InChI=1S/C24H28ClN5O5/c1-4-34-20-11-10-18(14-19(20)25)27-22-29(15-17-8-6-16(3)7-9-17)23(32)28(24(33)30(22)26)13-12-21(31)35-5-2/h6-11,14H,4-5,12-13,15,26H2,1-3H3. The van der Waals surface area contributed by atoms with E-state index in [1.54, 1.807) is 25.1 Å². The Morgan fingerprint density at radius 2 is 1.74 bits per heavy atom. The van der Waals surface area contributed by atoms with Gasteiger partial charge in [-0.2, -0.15) is 4.68 Å². The number of ether oxygens (including phenoxy) is 2. The minimum atomic E-state index is -0.810. The van der Waals surface area contributed by atoms with Crippen LogP contribution in [0.25, 0.3) is 0 Å². The molecule has 0 radical (unpaired) electrons. The van der Waals surface area contributed by atoms with Crippen LogP contribution in [0, 0.1) is 6.92 Å². The number of nitrogen functional groups attached to an aromatic ring is 1. The highest BCUT2D eigenvalue weighted by Crippen LogP contribution is 2.28. The summed E-state index contributed by atoms with van der Waals surface area (Å²) in [6, 6.07) is 12.4. The summed E-state index contributed by atoms with van der Waals surface area (Å²) in [6.45, 7) is 6.03. The minimum Gasteiger partial charge on any atom is -0.492 e. The number of carbonyl (C=O) groups is 1. The molecule has 11 heteroatoms. The van der Waals surface area contributed by atoms with Gasteiger partial charge in [0.2, 0.25) is 5.62 Å². The SMILES string of the molecule is CCOC(=O)CCn1c(=O)n(N)c(=Nc2ccc(OCC)c(Cl)c2)n(Cc2ccc(C)cc2)c1=O. The largest absolute Gasteiger partial charge is 0.492 e. The summed E-state index contributed by atoms with van der Waals surface area (Å²) < 4.78 is 13.3. The van der Waals surface area contributed by atoms with Gasteiger partial charge in [0, 0.05) is 6.54 Å². The van der Waals surface area contributed by atoms with Gasteiger partial charge in [-0.25, -0.2) is 19.1 Å². The number of hydrogen-bond donors (Lipinski definition) is 1. The minimum absolute atomic E-state index is 0.0758. The highest BCUT2D eigenvalue weighted by molar-refractivity contribution is 6.32. The third-order valence-corrected chi connectivity index (χ3v) is 5.40. The lowest BCUT2D eigenvalue weighted by Crippen LogP contribution is -2.57. The lowest BCUT2D eigenvalue weighted by molar-refractivity contribution is -0.143. The van der Waals surface area contributed by atoms with E-state index in [-0.39, 0.29) is 31.7 Å². The molecule has 186 valence electrons. The normalized spacial score (nSPS) is 11.5. The molecule has 2 aromatic carbocycles. The summed E-state index contributed by atoms with van der Waals surface area (Å²) in [4.78, 5) is 42.6. The first-order chi connectivity index (χ1) is 16.7. The summed E-state index contributed by atoms with van der Waals surface area (Å²) in [5.41, 5.74) is 0.692. The van der Waals surface area contributed by atoms with Gasteiger partial charge in [0.25, 0.3) is 0 Å². The molecule has 10 nitrogen and oxygen atoms in total. The van der Waals surface area contributed by atoms with Crippen LogP contribution in [0.2, 0.25) is 5.02 Å². The Bertz CT molecular complexity index is 1390. The molecule has 35 heavy (non-hydrogen) atoms. The van der Waals surface area contributed by atoms with Crippen molar-refractivity contribution in [2.75, 3.05) is 19.1 Å². The predicted molar refractivity (Wildman–Crippen MR) is 132 cm³/mol. The molecule has 0 saturated heterocycles. The van der Waals surface area contributed by atoms with Crippen molar-refractivity contribution in [2.45, 2.75) is 40.3 Å². The molecule has 0 amide bonds. The third kappa shape index (κ3) is 6.21. The molecule has 0 atom stereocenters. The van der Waals surface area contributed by atoms with E-state index in [0.29, 0.717) is 23.1 Å². The summed E-state index contributed by atoms with van der Waals surface area (Å²) in [7, 11) is 0. The fourth-order valence-corrected chi connectivity index (χ4v) is 3.59. The van der Waals surface area contributed by atoms with Crippen LogP contribution < -0.4 is 27.6 Å². The summed E-state index contributed by atoms with van der Waals surface area (Å²) in [5.74, 6) is 6.08. The molecule has 3 aromatic rings. The number of rotatable bonds is 9. The zero-order valence-corrected chi connectivity index (χ0v) is 20.6. The van der Waals surface area contributed by atoms with Crippen LogP contribution >= 0.6 is 11.6 Å². The molecular formula is C24H28ClN5O5. The van der Waals surface area contributed by atoms with E-state index in [1.807, 2.05) is 38.1 Å². The first kappa shape index (κ1) is 25.8. The topological polar surface area (TPSA) is 123 Å². The maximum atomic E-state index is 13.4. The second kappa shape index (κ2) is 11.6. The van der Waals surface area contributed by atoms with E-state index in [9.17, 15) is 14.4 Å². The van der Waals surface area contributed by atoms with E-state index in [1.165, 1.54) is 4.57 Å². The Labute approximate surface area is 206 Å². The molecule has 0 aliphatic heterocycles. The second-order valence-corrected chi connectivity index (χ2v) is 8.08. The van der Waals surface area contributed by atoms with Crippen LogP contribution in [0.4, 0.5) is 5.69 Å². The van der Waals surface area contributed by atoms with Crippen molar-refractivity contribution in [2.24, 2.45) is 4.99 Å². The quantitative estimate of drug-likeness (QED) is 0.354. The number of nitrogens with two attached hydrogens (primary N) is 1. The zero-order valence-electron chi connectivity index (χ0n) is 19.9. The maximum absolute atomic E-state index is 13.4. The first-order valence-electron chi connectivity index (χ1n) is 11.1. The molecule has 0 saturated carbocycles. The molecule has 3 rings (SSSR count). The summed E-state index contributed by atoms with van der Waals surface area (Å²) >= 11 is 6.28. The lowest BCUT2D eigenvalue weighted by atomic mass is 10.1. The molecular weight excluding hydrogens is 474 g/mol. The molecule has 0 bridgehead atoms. The van der Waals surface area contributed by atoms with Gasteiger partial charge < -0.3 is 15.3 Å². The van der Waals surface area contributed by atoms with Crippen molar-refractivity contribution in [1.29, 1.82) is 0 Å². The van der Waals surface area contributed by atoms with Gasteiger partial charge in [-0.15, -0.1) is 0 Å². The van der Waals surface area contributed by atoms with Crippen LogP contribution in [-0.4, -0.2) is 33.0 Å². The number of benzene rings is 2. The van der Waals surface area contributed by atoms with Crippen molar-refractivity contribution < 1.29 is 14.3 Å². The van der Waals surface area contributed by atoms with Gasteiger partial charge in [0.05, 0.1) is 36.9 Å². The zero-order chi connectivity index (χ0) is 25.5. The van der Waals surface area contributed by atoms with E-state index in [0.717, 1.165) is 20.4 Å². The van der Waals surface area contributed by atoms with Gasteiger partial charge in [-0.05, 0) is 44.5 Å². The molecule has 1 aromatic heterocycles. The average Bonchev–Trinajstić information content (AvgIpc) is 2.83. The van der Waals surface area contributed by atoms with Crippen molar-refractivity contribution in [3.05, 3.63) is 85.2 Å². The molecule has 0 spiro atoms. The second-order valence-electron chi connectivity index (χ2n) is 7.67. The Hall–Kier alpha value is -3.79. The smallest absolute Gasteiger partial charge is 0.353 e. The molecule has 0 aliphatic rings. The van der Waals surface area contributed by atoms with Crippen LogP contribution in [0.1, 0.15) is 31.4 Å². The highest BCUT2D eigenvalue weighted by atomic mass is 35.5. The Morgan fingerprint density at radius 1 is 1.03 bits per heavy atom. The lowest BCUT2D eigenvalue weighted by Gasteiger charge is -2.14. The number of halogens is 1. The van der Waals surface area contributed by atoms with Crippen LogP contribution in [0.15, 0.2) is 57.0 Å². The van der Waals surface area contributed by atoms with Gasteiger partial charge in [-0.3, -0.25) is 9.36 Å². The number of carbonyl (C=O) groups excluding carboxylic acids is 1. The number of esters is 1. The predicted octanol–water partition coefficient (Wildman–Crippen LogP) is 2.12. The van der Waals surface area contributed by atoms with Crippen molar-refractivity contribution >= 4 is 23.3 Å². The number of hydrogen-bond acceptors (Lipinski definition) is 7. The summed E-state index contributed by atoms with van der Waals surface area (Å²) in [6.07, 6.45) is -0.154. The van der Waals surface area contributed by atoms with E-state index in [4.69, 9.17) is 26.9 Å². The molecule has 1 heterocycles. The van der Waals surface area contributed by atoms with Crippen LogP contribution in [-0.2, 0) is 22.6 Å². The van der Waals surface area contributed by atoms with E-state index >= 15 is 0 Å². The fourth-order valence-electron chi connectivity index (χ4n) is 3.36. The van der Waals surface area contributed by atoms with Crippen LogP contribution in [0.5, 0.6) is 5.75 Å². The number of aromatic nitrogens is 3. The van der Waals surface area contributed by atoms with Crippen molar-refractivity contribution in [3.8, 4) is 5.75 Å². The fraction of sp³-hybridized carbons (Fsp3) is 0.333. The van der Waals surface area contributed by atoms with Gasteiger partial charge in [-0.1, -0.05) is 41.4 Å². The molecule has 0 aliphatic carbocycles. The first-order valence-corrected chi connectivity index (χ1v) is 11.5. The number of nitrogens with zero attached hydrogens (tertiary/aromatic N) is 4. The molecule has 0 unspecified atom stereocenters. The molecule has 0 fully saturated rings. The monoisotopic (exact) mass is 501 g/mol. The average molecular weight is 502 g/mol. The maximum Gasteiger partial charge on any atom is 0.353 e. The van der Waals surface area contributed by atoms with Gasteiger partial charge >= 0.3 is 17.3 Å².